The number of nitrogens with zero attached hydrogens (tertiary/aromatic N) is 1. The summed E-state index contributed by atoms with van der Waals surface area (Å²) in [7, 11) is 0. The normalized spacial score (nSPS) is 9.77. The molecular formula is C11H21NO. The van der Waals surface area contributed by atoms with Crippen LogP contribution in [0, 0.1) is 6.92 Å². The summed E-state index contributed by atoms with van der Waals surface area (Å²) in [5, 5.41) is 3.98. The van der Waals surface area contributed by atoms with E-state index in [1.54, 1.807) is 0 Å². The van der Waals surface area contributed by atoms with Crippen LogP contribution in [0.1, 0.15) is 57.6 Å². The Balaban J connectivity index is 0.000000671. The van der Waals surface area contributed by atoms with E-state index in [-0.39, 0.29) is 0 Å². The Morgan fingerprint density at radius 3 is 2.08 bits per heavy atom. The Bertz CT molecular complexity index is 238. The second-order valence-electron chi connectivity index (χ2n) is 3.13. The molecule has 2 nitrogen and oxygen atoms in total. The fourth-order valence-corrected chi connectivity index (χ4v) is 1.25. The largest absolute Gasteiger partial charge is 0.361 e. The van der Waals surface area contributed by atoms with Crippen molar-refractivity contribution in [2.75, 3.05) is 0 Å². The van der Waals surface area contributed by atoms with E-state index in [0.29, 0.717) is 5.92 Å². The first-order chi connectivity index (χ1) is 6.16. The fraction of sp³-hybridized carbons (Fsp3) is 0.727. The molecule has 0 amide bonds. The third-order valence-corrected chi connectivity index (χ3v) is 1.92. The smallest absolute Gasteiger partial charge is 0.142 e. The summed E-state index contributed by atoms with van der Waals surface area (Å²) in [5.41, 5.74) is 2.32. The second kappa shape index (κ2) is 5.79. The molecule has 1 aromatic rings. The molecule has 0 aliphatic rings. The lowest BCUT2D eigenvalue weighted by atomic mass is 10.1. The minimum absolute atomic E-state index is 0.447. The van der Waals surface area contributed by atoms with Crippen LogP contribution in [0.5, 0.6) is 0 Å². The lowest BCUT2D eigenvalue weighted by Crippen LogP contribution is -1.88. The molecule has 1 aromatic heterocycles. The number of rotatable bonds is 2. The maximum Gasteiger partial charge on any atom is 0.142 e. The highest BCUT2D eigenvalue weighted by Crippen LogP contribution is 2.21. The second-order valence-corrected chi connectivity index (χ2v) is 3.13. The highest BCUT2D eigenvalue weighted by Gasteiger charge is 2.12. The van der Waals surface area contributed by atoms with Crippen LogP contribution in [-0.4, -0.2) is 5.16 Å². The zero-order valence-corrected chi connectivity index (χ0v) is 9.64. The lowest BCUT2D eigenvalue weighted by Gasteiger charge is -1.98. The van der Waals surface area contributed by atoms with Crippen molar-refractivity contribution in [1.29, 1.82) is 0 Å². The van der Waals surface area contributed by atoms with Crippen LogP contribution in [0.4, 0.5) is 0 Å². The van der Waals surface area contributed by atoms with Crippen LogP contribution in [-0.2, 0) is 6.42 Å². The Hall–Kier alpha value is -0.790. The highest BCUT2D eigenvalue weighted by atomic mass is 16.5. The van der Waals surface area contributed by atoms with Gasteiger partial charge in [-0.25, -0.2) is 0 Å². The van der Waals surface area contributed by atoms with Crippen molar-refractivity contribution in [3.63, 3.8) is 0 Å². The van der Waals surface area contributed by atoms with Gasteiger partial charge in [0.1, 0.15) is 5.76 Å². The van der Waals surface area contributed by atoms with Crippen molar-refractivity contribution in [1.82, 2.24) is 5.16 Å². The van der Waals surface area contributed by atoms with Crippen LogP contribution >= 0.6 is 0 Å². The van der Waals surface area contributed by atoms with E-state index in [9.17, 15) is 0 Å². The average molecular weight is 183 g/mol. The van der Waals surface area contributed by atoms with Gasteiger partial charge in [-0.05, 0) is 13.3 Å². The summed E-state index contributed by atoms with van der Waals surface area (Å²) < 4.78 is 5.20. The third-order valence-electron chi connectivity index (χ3n) is 1.92. The van der Waals surface area contributed by atoms with Gasteiger partial charge in [-0.1, -0.05) is 39.8 Å². The van der Waals surface area contributed by atoms with E-state index in [2.05, 4.69) is 32.9 Å². The van der Waals surface area contributed by atoms with Gasteiger partial charge in [0.15, 0.2) is 0 Å². The van der Waals surface area contributed by atoms with Gasteiger partial charge in [0.2, 0.25) is 0 Å². The SMILES string of the molecule is CC.CCc1noc(C(C)C)c1C. The molecule has 0 atom stereocenters. The monoisotopic (exact) mass is 183 g/mol. The van der Waals surface area contributed by atoms with Gasteiger partial charge in [0.05, 0.1) is 5.69 Å². The molecule has 76 valence electrons. The van der Waals surface area contributed by atoms with Gasteiger partial charge in [-0.15, -0.1) is 0 Å². The first kappa shape index (κ1) is 12.2. The zero-order chi connectivity index (χ0) is 10.4. The molecule has 0 bridgehead atoms. The average Bonchev–Trinajstić information content (AvgIpc) is 2.50. The molecule has 0 N–H and O–H groups in total. The molecule has 0 saturated heterocycles. The van der Waals surface area contributed by atoms with Gasteiger partial charge in [-0.3, -0.25) is 0 Å². The summed E-state index contributed by atoms with van der Waals surface area (Å²) in [6.45, 7) is 12.4. The van der Waals surface area contributed by atoms with Crippen molar-refractivity contribution in [2.24, 2.45) is 0 Å². The van der Waals surface area contributed by atoms with Crippen molar-refractivity contribution in [2.45, 2.75) is 53.9 Å². The summed E-state index contributed by atoms with van der Waals surface area (Å²) in [6, 6.07) is 0. The topological polar surface area (TPSA) is 26.0 Å². The van der Waals surface area contributed by atoms with E-state index in [4.69, 9.17) is 4.52 Å². The Morgan fingerprint density at radius 2 is 1.85 bits per heavy atom. The zero-order valence-electron chi connectivity index (χ0n) is 9.64. The minimum Gasteiger partial charge on any atom is -0.361 e. The molecule has 0 radical (unpaired) electrons. The summed E-state index contributed by atoms with van der Waals surface area (Å²) in [4.78, 5) is 0. The first-order valence-electron chi connectivity index (χ1n) is 5.11. The highest BCUT2D eigenvalue weighted by molar-refractivity contribution is 5.22. The molecule has 0 saturated carbocycles. The first-order valence-corrected chi connectivity index (χ1v) is 5.11. The van der Waals surface area contributed by atoms with Gasteiger partial charge in [0, 0.05) is 11.5 Å². The molecule has 13 heavy (non-hydrogen) atoms. The molecule has 0 aliphatic carbocycles. The van der Waals surface area contributed by atoms with Gasteiger partial charge < -0.3 is 4.52 Å². The van der Waals surface area contributed by atoms with E-state index in [1.807, 2.05) is 13.8 Å². The van der Waals surface area contributed by atoms with Crippen molar-refractivity contribution >= 4 is 0 Å². The van der Waals surface area contributed by atoms with Crippen LogP contribution in [0.15, 0.2) is 4.52 Å². The fourth-order valence-electron chi connectivity index (χ4n) is 1.25. The molecule has 0 aromatic carbocycles. The Kier molecular flexibility index (Phi) is 5.44. The number of aryl methyl sites for hydroxylation is 1. The Labute approximate surface area is 81.3 Å². The molecule has 0 aliphatic heterocycles. The maximum absolute atomic E-state index is 5.20. The van der Waals surface area contributed by atoms with Gasteiger partial charge >= 0.3 is 0 Å². The molecule has 0 fully saturated rings. The number of aromatic nitrogens is 1. The van der Waals surface area contributed by atoms with Crippen LogP contribution < -0.4 is 0 Å². The predicted octanol–water partition coefficient (Wildman–Crippen LogP) is 3.70. The van der Waals surface area contributed by atoms with E-state index in [0.717, 1.165) is 17.9 Å². The molecule has 1 rings (SSSR count). The molecule has 1 heterocycles. The van der Waals surface area contributed by atoms with Crippen molar-refractivity contribution < 1.29 is 4.52 Å². The minimum atomic E-state index is 0.447. The summed E-state index contributed by atoms with van der Waals surface area (Å²) in [6.07, 6.45) is 0.960. The van der Waals surface area contributed by atoms with Crippen LogP contribution in [0.2, 0.25) is 0 Å². The third kappa shape index (κ3) is 2.87. The van der Waals surface area contributed by atoms with Gasteiger partial charge in [0.25, 0.3) is 0 Å². The van der Waals surface area contributed by atoms with Gasteiger partial charge in [-0.2, -0.15) is 0 Å². The molecular weight excluding hydrogens is 162 g/mol. The van der Waals surface area contributed by atoms with E-state index < -0.39 is 0 Å². The molecule has 2 heteroatoms. The Morgan fingerprint density at radius 1 is 1.31 bits per heavy atom. The summed E-state index contributed by atoms with van der Waals surface area (Å²) in [5.74, 6) is 1.48. The van der Waals surface area contributed by atoms with Crippen molar-refractivity contribution in [3.8, 4) is 0 Å². The number of hydrogen-bond acceptors (Lipinski definition) is 2. The molecule has 0 spiro atoms. The van der Waals surface area contributed by atoms with Crippen molar-refractivity contribution in [3.05, 3.63) is 17.0 Å². The van der Waals surface area contributed by atoms with E-state index in [1.165, 1.54) is 5.56 Å². The predicted molar refractivity (Wildman–Crippen MR) is 56.1 cm³/mol. The van der Waals surface area contributed by atoms with Crippen LogP contribution in [0.3, 0.4) is 0 Å². The number of hydrogen-bond donors (Lipinski definition) is 0. The van der Waals surface area contributed by atoms with E-state index >= 15 is 0 Å². The summed E-state index contributed by atoms with van der Waals surface area (Å²) >= 11 is 0. The quantitative estimate of drug-likeness (QED) is 0.698. The van der Waals surface area contributed by atoms with Crippen LogP contribution in [0.25, 0.3) is 0 Å². The molecule has 0 unspecified atom stereocenters. The maximum atomic E-state index is 5.20. The standard InChI is InChI=1S/C9H15NO.C2H6/c1-5-8-7(4)9(6(2)3)11-10-8;1-2/h6H,5H2,1-4H3;1-2H3. The lowest BCUT2D eigenvalue weighted by molar-refractivity contribution is 0.365.